The minimum atomic E-state index is -3.89. The molecule has 0 amide bonds. The van der Waals surface area contributed by atoms with Gasteiger partial charge in [0.25, 0.3) is 10.0 Å². The van der Waals surface area contributed by atoms with Gasteiger partial charge in [0.2, 0.25) is 5.95 Å². The molecule has 0 aliphatic carbocycles. The average Bonchev–Trinajstić information content (AvgIpc) is 2.85. The number of sulfonamides is 1. The molecular weight excluding hydrogens is 454 g/mol. The summed E-state index contributed by atoms with van der Waals surface area (Å²) in [6.45, 7) is 3.96. The van der Waals surface area contributed by atoms with Crippen LogP contribution in [0.2, 0.25) is 0 Å². The molecule has 0 spiro atoms. The molecule has 10 heteroatoms. The van der Waals surface area contributed by atoms with Crippen LogP contribution in [0.1, 0.15) is 25.0 Å². The lowest BCUT2D eigenvalue weighted by atomic mass is 10.1. The van der Waals surface area contributed by atoms with Gasteiger partial charge < -0.3 is 19.7 Å². The average molecular weight is 484 g/mol. The van der Waals surface area contributed by atoms with Crippen molar-refractivity contribution in [3.05, 3.63) is 54.2 Å². The number of hydrogen-bond donors (Lipinski definition) is 2. The summed E-state index contributed by atoms with van der Waals surface area (Å²) in [5.74, 6) is 2.08. The van der Waals surface area contributed by atoms with Gasteiger partial charge in [-0.2, -0.15) is 4.98 Å². The van der Waals surface area contributed by atoms with Gasteiger partial charge in [0.1, 0.15) is 22.2 Å². The van der Waals surface area contributed by atoms with Crippen LogP contribution in [0.5, 0.6) is 11.5 Å². The number of methoxy groups -OCH3 is 2. The highest BCUT2D eigenvalue weighted by Gasteiger charge is 2.21. The predicted octanol–water partition coefficient (Wildman–Crippen LogP) is 4.34. The summed E-state index contributed by atoms with van der Waals surface area (Å²) in [6, 6.07) is 13.5. The van der Waals surface area contributed by atoms with E-state index in [1.54, 1.807) is 36.4 Å². The van der Waals surface area contributed by atoms with Gasteiger partial charge in [-0.3, -0.25) is 4.72 Å². The minimum absolute atomic E-state index is 0.00467. The number of aryl methyl sites for hydroxylation is 1. The molecule has 2 aromatic carbocycles. The van der Waals surface area contributed by atoms with E-state index in [4.69, 9.17) is 9.47 Å². The van der Waals surface area contributed by atoms with Gasteiger partial charge in [0.15, 0.2) is 0 Å². The van der Waals surface area contributed by atoms with E-state index in [0.29, 0.717) is 17.4 Å². The molecule has 3 aromatic rings. The second kappa shape index (κ2) is 10.2. The molecule has 180 valence electrons. The Morgan fingerprint density at radius 3 is 2.26 bits per heavy atom. The summed E-state index contributed by atoms with van der Waals surface area (Å²) in [5, 5.41) is 3.22. The maximum Gasteiger partial charge on any atom is 0.265 e. The Bertz CT molecular complexity index is 1240. The van der Waals surface area contributed by atoms with Gasteiger partial charge in [0, 0.05) is 42.3 Å². The smallest absolute Gasteiger partial charge is 0.265 e. The first-order valence-electron chi connectivity index (χ1n) is 11.1. The fourth-order valence-corrected chi connectivity index (χ4v) is 5.09. The van der Waals surface area contributed by atoms with Crippen molar-refractivity contribution in [1.29, 1.82) is 0 Å². The van der Waals surface area contributed by atoms with Crippen LogP contribution >= 0.6 is 0 Å². The molecule has 0 atom stereocenters. The van der Waals surface area contributed by atoms with Crippen molar-refractivity contribution >= 4 is 33.2 Å². The first kappa shape index (κ1) is 23.6. The Kier molecular flexibility index (Phi) is 7.06. The third-order valence-electron chi connectivity index (χ3n) is 5.57. The number of nitrogens with zero attached hydrogens (tertiary/aromatic N) is 3. The molecule has 1 saturated heterocycles. The molecule has 0 radical (unpaired) electrons. The van der Waals surface area contributed by atoms with Crippen LogP contribution in [0, 0.1) is 6.92 Å². The van der Waals surface area contributed by atoms with Crippen LogP contribution in [0.15, 0.2) is 53.4 Å². The topological polar surface area (TPSA) is 106 Å². The number of hydrogen-bond acceptors (Lipinski definition) is 8. The number of anilines is 4. The van der Waals surface area contributed by atoms with Crippen LogP contribution in [0.3, 0.4) is 0 Å². The molecule has 9 nitrogen and oxygen atoms in total. The standard InChI is InChI=1S/C24H29N5O4S/c1-17-15-23(29-13-5-4-6-14-29)27-24(25-17)26-18-7-9-19(10-8-18)28-34(30,31)22-16-20(32-2)11-12-21(22)33-3/h7-12,15-16,28H,4-6,13-14H2,1-3H3,(H,25,26,27). The number of nitrogens with one attached hydrogen (secondary N) is 2. The SMILES string of the molecule is COc1ccc(OC)c(S(=O)(=O)Nc2ccc(Nc3nc(C)cc(N4CCCCC4)n3)cc2)c1. The Hall–Kier alpha value is -3.53. The van der Waals surface area contributed by atoms with Gasteiger partial charge in [-0.1, -0.05) is 0 Å². The van der Waals surface area contributed by atoms with Crippen molar-refractivity contribution in [3.63, 3.8) is 0 Å². The maximum absolute atomic E-state index is 13.0. The fourth-order valence-electron chi connectivity index (χ4n) is 3.85. The molecule has 34 heavy (non-hydrogen) atoms. The number of aromatic nitrogens is 2. The quantitative estimate of drug-likeness (QED) is 0.488. The Morgan fingerprint density at radius 2 is 1.59 bits per heavy atom. The highest BCUT2D eigenvalue weighted by atomic mass is 32.2. The third-order valence-corrected chi connectivity index (χ3v) is 6.98. The minimum Gasteiger partial charge on any atom is -0.497 e. The van der Waals surface area contributed by atoms with Crippen LogP contribution in [0.4, 0.5) is 23.1 Å². The zero-order valence-corrected chi connectivity index (χ0v) is 20.4. The molecule has 0 bridgehead atoms. The Balaban J connectivity index is 1.49. The highest BCUT2D eigenvalue weighted by Crippen LogP contribution is 2.30. The van der Waals surface area contributed by atoms with Crippen molar-refractivity contribution in [2.24, 2.45) is 0 Å². The van der Waals surface area contributed by atoms with E-state index in [-0.39, 0.29) is 10.6 Å². The van der Waals surface area contributed by atoms with Crippen molar-refractivity contribution in [1.82, 2.24) is 9.97 Å². The monoisotopic (exact) mass is 483 g/mol. The van der Waals surface area contributed by atoms with Gasteiger partial charge in [-0.15, -0.1) is 0 Å². The summed E-state index contributed by atoms with van der Waals surface area (Å²) in [7, 11) is -0.991. The molecule has 1 aliphatic rings. The lowest BCUT2D eigenvalue weighted by Gasteiger charge is -2.28. The van der Waals surface area contributed by atoms with Crippen molar-refractivity contribution in [2.45, 2.75) is 31.1 Å². The van der Waals surface area contributed by atoms with Crippen LogP contribution in [0.25, 0.3) is 0 Å². The molecule has 4 rings (SSSR count). The zero-order chi connectivity index (χ0) is 24.1. The number of rotatable bonds is 8. The summed E-state index contributed by atoms with van der Waals surface area (Å²) < 4.78 is 38.9. The molecule has 1 fully saturated rings. The van der Waals surface area contributed by atoms with Crippen LogP contribution in [-0.2, 0) is 10.0 Å². The summed E-state index contributed by atoms with van der Waals surface area (Å²) in [6.07, 6.45) is 3.60. The van der Waals surface area contributed by atoms with Crippen LogP contribution in [-0.4, -0.2) is 45.7 Å². The number of benzene rings is 2. The first-order valence-corrected chi connectivity index (χ1v) is 12.6. The zero-order valence-electron chi connectivity index (χ0n) is 19.5. The van der Waals surface area contributed by atoms with E-state index in [2.05, 4.69) is 24.9 Å². The van der Waals surface area contributed by atoms with E-state index in [9.17, 15) is 8.42 Å². The highest BCUT2D eigenvalue weighted by molar-refractivity contribution is 7.92. The lowest BCUT2D eigenvalue weighted by molar-refractivity contribution is 0.392. The number of piperidine rings is 1. The molecule has 2 N–H and O–H groups in total. The predicted molar refractivity (Wildman–Crippen MR) is 133 cm³/mol. The number of ether oxygens (including phenoxy) is 2. The normalized spacial score (nSPS) is 13.9. The second-order valence-corrected chi connectivity index (χ2v) is 9.71. The van der Waals surface area contributed by atoms with E-state index < -0.39 is 10.0 Å². The van der Waals surface area contributed by atoms with Gasteiger partial charge >= 0.3 is 0 Å². The second-order valence-electron chi connectivity index (χ2n) is 8.06. The lowest BCUT2D eigenvalue weighted by Crippen LogP contribution is -2.30. The largest absolute Gasteiger partial charge is 0.497 e. The van der Waals surface area contributed by atoms with E-state index in [1.807, 2.05) is 13.0 Å². The molecule has 1 aromatic heterocycles. The molecule has 0 unspecified atom stereocenters. The summed E-state index contributed by atoms with van der Waals surface area (Å²) in [4.78, 5) is 11.5. The molecule has 0 saturated carbocycles. The van der Waals surface area contributed by atoms with E-state index in [1.165, 1.54) is 39.5 Å². The molecule has 1 aliphatic heterocycles. The Labute approximate surface area is 200 Å². The molecular formula is C24H29N5O4S. The van der Waals surface area contributed by atoms with E-state index in [0.717, 1.165) is 30.3 Å². The van der Waals surface area contributed by atoms with Crippen molar-refractivity contribution in [2.75, 3.05) is 42.2 Å². The summed E-state index contributed by atoms with van der Waals surface area (Å²) in [5.41, 5.74) is 2.04. The Morgan fingerprint density at radius 1 is 0.882 bits per heavy atom. The first-order chi connectivity index (χ1) is 16.4. The van der Waals surface area contributed by atoms with E-state index >= 15 is 0 Å². The van der Waals surface area contributed by atoms with Gasteiger partial charge in [-0.25, -0.2) is 13.4 Å². The van der Waals surface area contributed by atoms with Gasteiger partial charge in [-0.05, 0) is 62.6 Å². The summed E-state index contributed by atoms with van der Waals surface area (Å²) >= 11 is 0. The maximum atomic E-state index is 13.0. The fraction of sp³-hybridized carbons (Fsp3) is 0.333. The van der Waals surface area contributed by atoms with Crippen LogP contribution < -0.4 is 24.4 Å². The van der Waals surface area contributed by atoms with Crippen molar-refractivity contribution in [3.8, 4) is 11.5 Å². The van der Waals surface area contributed by atoms with Crippen molar-refractivity contribution < 1.29 is 17.9 Å². The van der Waals surface area contributed by atoms with Gasteiger partial charge in [0.05, 0.1) is 14.2 Å². The third kappa shape index (κ3) is 5.51. The molecule has 2 heterocycles.